The third kappa shape index (κ3) is 3.52. The van der Waals surface area contributed by atoms with E-state index in [0.29, 0.717) is 13.2 Å². The fourth-order valence-electron chi connectivity index (χ4n) is 1.70. The topological polar surface area (TPSA) is 64.3 Å². The summed E-state index contributed by atoms with van der Waals surface area (Å²) in [5.41, 5.74) is 6.78. The van der Waals surface area contributed by atoms with Crippen LogP contribution in [0.5, 0.6) is 0 Å². The molecule has 1 aromatic heterocycles. The van der Waals surface area contributed by atoms with Crippen molar-refractivity contribution in [3.63, 3.8) is 0 Å². The molecular formula is C11H20N4O. The van der Waals surface area contributed by atoms with Gasteiger partial charge < -0.3 is 10.5 Å². The van der Waals surface area contributed by atoms with Crippen LogP contribution in [0.3, 0.4) is 0 Å². The van der Waals surface area contributed by atoms with Gasteiger partial charge in [-0.2, -0.15) is 0 Å². The van der Waals surface area contributed by atoms with Gasteiger partial charge in [0, 0.05) is 26.4 Å². The van der Waals surface area contributed by atoms with Gasteiger partial charge in [0.2, 0.25) is 0 Å². The van der Waals surface area contributed by atoms with Crippen molar-refractivity contribution in [1.29, 1.82) is 0 Å². The van der Waals surface area contributed by atoms with Crippen molar-refractivity contribution in [3.8, 4) is 0 Å². The van der Waals surface area contributed by atoms with Crippen LogP contribution in [-0.2, 0) is 4.74 Å². The number of rotatable bonds is 7. The molecule has 1 unspecified atom stereocenters. The Hall–Kier alpha value is -1.04. The highest BCUT2D eigenvalue weighted by Crippen LogP contribution is 2.15. The zero-order valence-corrected chi connectivity index (χ0v) is 9.97. The van der Waals surface area contributed by atoms with Gasteiger partial charge in [-0.25, -0.2) is 9.97 Å². The lowest BCUT2D eigenvalue weighted by atomic mass is 10.1. The van der Waals surface area contributed by atoms with Crippen molar-refractivity contribution >= 4 is 0 Å². The molecule has 0 spiro atoms. The molecule has 0 aliphatic carbocycles. The van der Waals surface area contributed by atoms with Crippen LogP contribution in [0.15, 0.2) is 18.6 Å². The Labute approximate surface area is 96.6 Å². The highest BCUT2D eigenvalue weighted by molar-refractivity contribution is 5.05. The molecule has 1 rings (SSSR count). The molecule has 0 bridgehead atoms. The molecule has 16 heavy (non-hydrogen) atoms. The first-order valence-corrected chi connectivity index (χ1v) is 5.52. The first kappa shape index (κ1) is 13.0. The summed E-state index contributed by atoms with van der Waals surface area (Å²) in [5.74, 6) is 0. The molecule has 0 fully saturated rings. The Morgan fingerprint density at radius 3 is 2.88 bits per heavy atom. The second-order valence-corrected chi connectivity index (χ2v) is 3.51. The Morgan fingerprint density at radius 2 is 2.38 bits per heavy atom. The van der Waals surface area contributed by atoms with Gasteiger partial charge in [-0.1, -0.05) is 6.92 Å². The summed E-state index contributed by atoms with van der Waals surface area (Å²) in [6.45, 7) is 5.15. The standard InChI is InChI=1S/C11H20N4O/c1-3-15(6-7-16-2)11(8-12)10-4-5-13-9-14-10/h4-5,9,11H,3,6-8,12H2,1-2H3. The van der Waals surface area contributed by atoms with Gasteiger partial charge in [-0.3, -0.25) is 4.90 Å². The molecule has 0 saturated heterocycles. The van der Waals surface area contributed by atoms with E-state index < -0.39 is 0 Å². The summed E-state index contributed by atoms with van der Waals surface area (Å²) in [6, 6.07) is 2.05. The SMILES string of the molecule is CCN(CCOC)C(CN)c1ccncn1. The predicted molar refractivity (Wildman–Crippen MR) is 63.0 cm³/mol. The van der Waals surface area contributed by atoms with E-state index in [9.17, 15) is 0 Å². The Bertz CT molecular complexity index is 281. The number of nitrogens with zero attached hydrogens (tertiary/aromatic N) is 3. The first-order valence-electron chi connectivity index (χ1n) is 5.52. The Morgan fingerprint density at radius 1 is 1.56 bits per heavy atom. The molecule has 0 amide bonds. The molecule has 0 aromatic carbocycles. The molecule has 0 radical (unpaired) electrons. The number of ether oxygens (including phenoxy) is 1. The lowest BCUT2D eigenvalue weighted by Gasteiger charge is -2.28. The minimum atomic E-state index is 0.142. The van der Waals surface area contributed by atoms with Gasteiger partial charge in [-0.15, -0.1) is 0 Å². The third-order valence-electron chi connectivity index (χ3n) is 2.60. The molecule has 5 heteroatoms. The van der Waals surface area contributed by atoms with Crippen LogP contribution >= 0.6 is 0 Å². The molecule has 5 nitrogen and oxygen atoms in total. The van der Waals surface area contributed by atoms with Crippen molar-refractivity contribution < 1.29 is 4.74 Å². The van der Waals surface area contributed by atoms with E-state index in [2.05, 4.69) is 21.8 Å². The minimum Gasteiger partial charge on any atom is -0.383 e. The van der Waals surface area contributed by atoms with E-state index in [4.69, 9.17) is 10.5 Å². The lowest BCUT2D eigenvalue weighted by Crippen LogP contribution is -2.36. The number of hydrogen-bond donors (Lipinski definition) is 1. The van der Waals surface area contributed by atoms with Crippen molar-refractivity contribution in [1.82, 2.24) is 14.9 Å². The van der Waals surface area contributed by atoms with Crippen molar-refractivity contribution in [3.05, 3.63) is 24.3 Å². The first-order chi connectivity index (χ1) is 7.83. The molecule has 1 aromatic rings. The second-order valence-electron chi connectivity index (χ2n) is 3.51. The lowest BCUT2D eigenvalue weighted by molar-refractivity contribution is 0.124. The molecular weight excluding hydrogens is 204 g/mol. The van der Waals surface area contributed by atoms with Gasteiger partial charge in [0.1, 0.15) is 6.33 Å². The zero-order chi connectivity index (χ0) is 11.8. The van der Waals surface area contributed by atoms with Gasteiger partial charge in [0.25, 0.3) is 0 Å². The van der Waals surface area contributed by atoms with Crippen LogP contribution in [0, 0.1) is 0 Å². The van der Waals surface area contributed by atoms with Crippen LogP contribution in [0.2, 0.25) is 0 Å². The quantitative estimate of drug-likeness (QED) is 0.728. The fraction of sp³-hybridized carbons (Fsp3) is 0.636. The van der Waals surface area contributed by atoms with Crippen LogP contribution in [0.1, 0.15) is 18.7 Å². The summed E-state index contributed by atoms with van der Waals surface area (Å²) >= 11 is 0. The molecule has 1 atom stereocenters. The summed E-state index contributed by atoms with van der Waals surface area (Å²) < 4.78 is 5.09. The predicted octanol–water partition coefficient (Wildman–Crippen LogP) is 0.445. The van der Waals surface area contributed by atoms with Crippen LogP contribution < -0.4 is 5.73 Å². The van der Waals surface area contributed by atoms with E-state index in [-0.39, 0.29) is 6.04 Å². The molecule has 2 N–H and O–H groups in total. The smallest absolute Gasteiger partial charge is 0.115 e. The number of nitrogens with two attached hydrogens (primary N) is 1. The summed E-state index contributed by atoms with van der Waals surface area (Å²) in [7, 11) is 1.70. The Balaban J connectivity index is 2.71. The van der Waals surface area contributed by atoms with E-state index in [0.717, 1.165) is 18.8 Å². The number of aromatic nitrogens is 2. The van der Waals surface area contributed by atoms with Gasteiger partial charge in [0.05, 0.1) is 18.3 Å². The molecule has 90 valence electrons. The van der Waals surface area contributed by atoms with E-state index in [1.165, 1.54) is 0 Å². The van der Waals surface area contributed by atoms with Crippen LogP contribution in [0.4, 0.5) is 0 Å². The maximum Gasteiger partial charge on any atom is 0.115 e. The van der Waals surface area contributed by atoms with Crippen molar-refractivity contribution in [2.75, 3.05) is 33.4 Å². The van der Waals surface area contributed by atoms with Crippen LogP contribution in [-0.4, -0.2) is 48.2 Å². The fourth-order valence-corrected chi connectivity index (χ4v) is 1.70. The highest BCUT2D eigenvalue weighted by Gasteiger charge is 2.18. The normalized spacial score (nSPS) is 13.0. The maximum atomic E-state index is 5.81. The minimum absolute atomic E-state index is 0.142. The second kappa shape index (κ2) is 7.27. The molecule has 0 saturated carbocycles. The van der Waals surface area contributed by atoms with Gasteiger partial charge >= 0.3 is 0 Å². The maximum absolute atomic E-state index is 5.81. The summed E-state index contributed by atoms with van der Waals surface area (Å²) in [4.78, 5) is 10.4. The van der Waals surface area contributed by atoms with E-state index in [1.54, 1.807) is 19.6 Å². The molecule has 0 aliphatic rings. The Kier molecular flexibility index (Phi) is 5.92. The monoisotopic (exact) mass is 224 g/mol. The summed E-state index contributed by atoms with van der Waals surface area (Å²) in [6.07, 6.45) is 3.30. The van der Waals surface area contributed by atoms with E-state index >= 15 is 0 Å². The average Bonchev–Trinajstić information content (AvgIpc) is 2.35. The largest absolute Gasteiger partial charge is 0.383 e. The van der Waals surface area contributed by atoms with Gasteiger partial charge in [-0.05, 0) is 12.6 Å². The third-order valence-corrected chi connectivity index (χ3v) is 2.60. The van der Waals surface area contributed by atoms with E-state index in [1.807, 2.05) is 6.07 Å². The number of likely N-dealkylation sites (N-methyl/N-ethyl adjacent to an activating group) is 1. The average molecular weight is 224 g/mol. The number of hydrogen-bond acceptors (Lipinski definition) is 5. The number of methoxy groups -OCH3 is 1. The van der Waals surface area contributed by atoms with Crippen LogP contribution in [0.25, 0.3) is 0 Å². The van der Waals surface area contributed by atoms with Gasteiger partial charge in [0.15, 0.2) is 0 Å². The highest BCUT2D eigenvalue weighted by atomic mass is 16.5. The molecule has 0 aliphatic heterocycles. The summed E-state index contributed by atoms with van der Waals surface area (Å²) in [5, 5.41) is 0. The van der Waals surface area contributed by atoms with Crippen molar-refractivity contribution in [2.24, 2.45) is 5.73 Å². The molecule has 1 heterocycles. The van der Waals surface area contributed by atoms with Crippen molar-refractivity contribution in [2.45, 2.75) is 13.0 Å². The zero-order valence-electron chi connectivity index (χ0n) is 9.97.